The van der Waals surface area contributed by atoms with Crippen molar-refractivity contribution < 1.29 is 19.7 Å². The summed E-state index contributed by atoms with van der Waals surface area (Å²) in [6.07, 6.45) is 2.25. The highest BCUT2D eigenvalue weighted by molar-refractivity contribution is 5.78. The molecule has 106 valence electrons. The fourth-order valence-corrected chi connectivity index (χ4v) is 2.93. The largest absolute Gasteiger partial charge is 0.479 e. The minimum absolute atomic E-state index is 0.0185. The summed E-state index contributed by atoms with van der Waals surface area (Å²) in [5.74, 6) is -0.596. The molecule has 0 spiro atoms. The number of carboxylic acids is 1. The van der Waals surface area contributed by atoms with Gasteiger partial charge in [-0.25, -0.2) is 4.79 Å². The number of aliphatic hydroxyl groups is 1. The van der Waals surface area contributed by atoms with Gasteiger partial charge in [0, 0.05) is 5.92 Å². The highest BCUT2D eigenvalue weighted by atomic mass is 16.5. The van der Waals surface area contributed by atoms with Gasteiger partial charge in [0.05, 0.1) is 12.2 Å². The van der Waals surface area contributed by atoms with E-state index in [-0.39, 0.29) is 11.8 Å². The molecule has 1 fully saturated rings. The molecule has 1 aliphatic rings. The van der Waals surface area contributed by atoms with Gasteiger partial charge < -0.3 is 14.9 Å². The number of carboxylic acid groups (broad SMARTS) is 1. The molecule has 18 heavy (non-hydrogen) atoms. The molecule has 4 nitrogen and oxygen atoms in total. The van der Waals surface area contributed by atoms with Crippen LogP contribution in [0.4, 0.5) is 0 Å². The Balaban J connectivity index is 2.99. The van der Waals surface area contributed by atoms with Crippen molar-refractivity contribution in [3.8, 4) is 0 Å². The summed E-state index contributed by atoms with van der Waals surface area (Å²) in [5, 5.41) is 19.2. The molecule has 0 aromatic rings. The summed E-state index contributed by atoms with van der Waals surface area (Å²) in [6, 6.07) is 0. The van der Waals surface area contributed by atoms with E-state index in [1.807, 2.05) is 13.8 Å². The van der Waals surface area contributed by atoms with Crippen LogP contribution >= 0.6 is 0 Å². The number of ether oxygens (including phenoxy) is 1. The van der Waals surface area contributed by atoms with Crippen LogP contribution in [0.15, 0.2) is 0 Å². The van der Waals surface area contributed by atoms with Crippen molar-refractivity contribution in [3.63, 3.8) is 0 Å². The van der Waals surface area contributed by atoms with Crippen LogP contribution in [0.5, 0.6) is 0 Å². The fourth-order valence-electron chi connectivity index (χ4n) is 2.93. The third-order valence-corrected chi connectivity index (χ3v) is 4.15. The molecule has 4 unspecified atom stereocenters. The monoisotopic (exact) mass is 258 g/mol. The van der Waals surface area contributed by atoms with E-state index in [1.165, 1.54) is 0 Å². The zero-order valence-corrected chi connectivity index (χ0v) is 11.8. The topological polar surface area (TPSA) is 66.8 Å². The number of aliphatic hydroxyl groups excluding tert-OH is 1. The molecule has 0 amide bonds. The molecule has 0 aromatic carbocycles. The smallest absolute Gasteiger partial charge is 0.336 e. The lowest BCUT2D eigenvalue weighted by Crippen LogP contribution is -2.54. The molecule has 4 atom stereocenters. The van der Waals surface area contributed by atoms with Gasteiger partial charge in [0.2, 0.25) is 0 Å². The Morgan fingerprint density at radius 3 is 2.33 bits per heavy atom. The first-order valence-corrected chi connectivity index (χ1v) is 6.90. The van der Waals surface area contributed by atoms with E-state index in [0.717, 1.165) is 19.3 Å². The first kappa shape index (κ1) is 15.4. The normalized spacial score (nSPS) is 32.2. The van der Waals surface area contributed by atoms with Crippen LogP contribution in [0.1, 0.15) is 53.4 Å². The van der Waals surface area contributed by atoms with E-state index in [2.05, 4.69) is 0 Å². The second-order valence-corrected chi connectivity index (χ2v) is 5.85. The minimum atomic E-state index is -1.12. The van der Waals surface area contributed by atoms with Crippen molar-refractivity contribution in [1.82, 2.24) is 0 Å². The Morgan fingerprint density at radius 1 is 1.28 bits per heavy atom. The molecule has 4 heteroatoms. The number of rotatable bonds is 5. The van der Waals surface area contributed by atoms with Gasteiger partial charge in [0.15, 0.2) is 5.60 Å². The highest BCUT2D eigenvalue weighted by Gasteiger charge is 2.50. The molecular formula is C14H26O4. The second kappa shape index (κ2) is 6.02. The van der Waals surface area contributed by atoms with Gasteiger partial charge >= 0.3 is 5.97 Å². The van der Waals surface area contributed by atoms with Crippen molar-refractivity contribution in [1.29, 1.82) is 0 Å². The summed E-state index contributed by atoms with van der Waals surface area (Å²) in [6.45, 7) is 7.46. The maximum absolute atomic E-state index is 11.7. The van der Waals surface area contributed by atoms with Crippen LogP contribution in [0.2, 0.25) is 0 Å². The zero-order chi connectivity index (χ0) is 13.9. The molecule has 1 saturated carbocycles. The maximum Gasteiger partial charge on any atom is 0.336 e. The van der Waals surface area contributed by atoms with Crippen LogP contribution < -0.4 is 0 Å². The van der Waals surface area contributed by atoms with E-state index in [9.17, 15) is 15.0 Å². The van der Waals surface area contributed by atoms with Crippen LogP contribution in [-0.4, -0.2) is 34.0 Å². The van der Waals surface area contributed by atoms with Crippen molar-refractivity contribution >= 4 is 5.97 Å². The Hall–Kier alpha value is -0.610. The molecule has 0 aromatic heterocycles. The first-order chi connectivity index (χ1) is 8.31. The number of aliphatic carboxylic acids is 1. The predicted octanol–water partition coefficient (Wildman–Crippen LogP) is 2.44. The van der Waals surface area contributed by atoms with Crippen molar-refractivity contribution in [2.24, 2.45) is 11.8 Å². The minimum Gasteiger partial charge on any atom is -0.479 e. The first-order valence-electron chi connectivity index (χ1n) is 6.90. The third kappa shape index (κ3) is 3.04. The Labute approximate surface area is 109 Å². The van der Waals surface area contributed by atoms with Gasteiger partial charge in [-0.3, -0.25) is 0 Å². The van der Waals surface area contributed by atoms with Crippen molar-refractivity contribution in [3.05, 3.63) is 0 Å². The molecular weight excluding hydrogens is 232 g/mol. The van der Waals surface area contributed by atoms with Crippen molar-refractivity contribution in [2.75, 3.05) is 0 Å². The predicted molar refractivity (Wildman–Crippen MR) is 69.4 cm³/mol. The Bertz CT molecular complexity index is 288. The second-order valence-electron chi connectivity index (χ2n) is 5.85. The third-order valence-electron chi connectivity index (χ3n) is 4.15. The molecule has 2 N–H and O–H groups in total. The molecule has 1 aliphatic carbocycles. The van der Waals surface area contributed by atoms with Gasteiger partial charge in [0.25, 0.3) is 0 Å². The summed E-state index contributed by atoms with van der Waals surface area (Å²) >= 11 is 0. The Kier molecular flexibility index (Phi) is 5.17. The molecule has 0 aliphatic heterocycles. The SMILES string of the molecule is CC(C)C1CCCCC1(OC(C)C(C)O)C(=O)O. The van der Waals surface area contributed by atoms with Crippen LogP contribution in [0.3, 0.4) is 0 Å². The average molecular weight is 258 g/mol. The quantitative estimate of drug-likeness (QED) is 0.795. The van der Waals surface area contributed by atoms with E-state index in [0.29, 0.717) is 6.42 Å². The van der Waals surface area contributed by atoms with Gasteiger partial charge in [-0.1, -0.05) is 20.3 Å². The van der Waals surface area contributed by atoms with Crippen LogP contribution in [0.25, 0.3) is 0 Å². The van der Waals surface area contributed by atoms with Gasteiger partial charge in [-0.2, -0.15) is 0 Å². The molecule has 0 radical (unpaired) electrons. The average Bonchev–Trinajstić information content (AvgIpc) is 2.28. The van der Waals surface area contributed by atoms with Gasteiger partial charge in [-0.05, 0) is 39.0 Å². The lowest BCUT2D eigenvalue weighted by molar-refractivity contribution is -0.203. The lowest BCUT2D eigenvalue weighted by atomic mass is 9.70. The number of hydrogen-bond acceptors (Lipinski definition) is 3. The highest BCUT2D eigenvalue weighted by Crippen LogP contribution is 2.42. The standard InChI is InChI=1S/C14H26O4/c1-9(2)12-7-5-6-8-14(12,13(16)17)18-11(4)10(3)15/h9-12,15H,5-8H2,1-4H3,(H,16,17). The van der Waals surface area contributed by atoms with Gasteiger partial charge in [-0.15, -0.1) is 0 Å². The Morgan fingerprint density at radius 2 is 1.89 bits per heavy atom. The van der Waals surface area contributed by atoms with E-state index >= 15 is 0 Å². The number of carbonyl (C=O) groups is 1. The maximum atomic E-state index is 11.7. The summed E-state index contributed by atoms with van der Waals surface area (Å²) in [5.41, 5.74) is -1.12. The van der Waals surface area contributed by atoms with E-state index in [1.54, 1.807) is 13.8 Å². The molecule has 0 bridgehead atoms. The number of hydrogen-bond donors (Lipinski definition) is 2. The molecule has 1 rings (SSSR count). The van der Waals surface area contributed by atoms with E-state index in [4.69, 9.17) is 4.74 Å². The summed E-state index contributed by atoms with van der Waals surface area (Å²) in [4.78, 5) is 11.7. The van der Waals surface area contributed by atoms with Gasteiger partial charge in [0.1, 0.15) is 0 Å². The molecule has 0 saturated heterocycles. The molecule has 0 heterocycles. The van der Waals surface area contributed by atoms with Crippen LogP contribution in [0, 0.1) is 11.8 Å². The fraction of sp³-hybridized carbons (Fsp3) is 0.929. The summed E-state index contributed by atoms with van der Waals surface area (Å²) in [7, 11) is 0. The van der Waals surface area contributed by atoms with E-state index < -0.39 is 23.8 Å². The zero-order valence-electron chi connectivity index (χ0n) is 11.8. The lowest BCUT2D eigenvalue weighted by Gasteiger charge is -2.44. The van der Waals surface area contributed by atoms with Crippen LogP contribution in [-0.2, 0) is 9.53 Å². The summed E-state index contributed by atoms with van der Waals surface area (Å²) < 4.78 is 5.83. The van der Waals surface area contributed by atoms with Crippen molar-refractivity contribution in [2.45, 2.75) is 71.2 Å².